The van der Waals surface area contributed by atoms with Gasteiger partial charge in [-0.2, -0.15) is 0 Å². The number of hydrogen-bond donors (Lipinski definition) is 1. The first-order valence-electron chi connectivity index (χ1n) is 6.36. The number of likely N-dealkylation sites (tertiary alicyclic amines) is 1. The van der Waals surface area contributed by atoms with Crippen LogP contribution in [-0.2, 0) is 0 Å². The summed E-state index contributed by atoms with van der Waals surface area (Å²) < 4.78 is 1.37. The highest BCUT2D eigenvalue weighted by molar-refractivity contribution is 7.17. The summed E-state index contributed by atoms with van der Waals surface area (Å²) in [5.41, 5.74) is 1.28. The number of fused-ring (bicyclic) bond motifs is 1. The number of anilines is 1. The van der Waals surface area contributed by atoms with Crippen molar-refractivity contribution in [1.82, 2.24) is 4.90 Å². The lowest BCUT2D eigenvalue weighted by Crippen LogP contribution is -2.25. The van der Waals surface area contributed by atoms with Gasteiger partial charge in [-0.15, -0.1) is 11.3 Å². The van der Waals surface area contributed by atoms with E-state index in [1.54, 1.807) is 0 Å². The number of benzene rings is 1. The fraction of sp³-hybridized carbons (Fsp3) is 0.429. The molecule has 1 aromatic carbocycles. The Bertz CT molecular complexity index is 486. The molecule has 0 saturated carbocycles. The molecule has 0 spiro atoms. The Morgan fingerprint density at radius 2 is 2.06 bits per heavy atom. The third-order valence-electron chi connectivity index (χ3n) is 3.44. The van der Waals surface area contributed by atoms with Crippen molar-refractivity contribution in [3.8, 4) is 0 Å². The van der Waals surface area contributed by atoms with E-state index >= 15 is 0 Å². The SMILES string of the molecule is c1cc(NCCN2CCCC2)c2ccsc2c1. The van der Waals surface area contributed by atoms with Gasteiger partial charge in [0.05, 0.1) is 0 Å². The van der Waals surface area contributed by atoms with Crippen molar-refractivity contribution in [3.05, 3.63) is 29.6 Å². The highest BCUT2D eigenvalue weighted by Crippen LogP contribution is 2.27. The van der Waals surface area contributed by atoms with Gasteiger partial charge in [0.25, 0.3) is 0 Å². The van der Waals surface area contributed by atoms with Crippen molar-refractivity contribution in [1.29, 1.82) is 0 Å². The number of hydrogen-bond acceptors (Lipinski definition) is 3. The van der Waals surface area contributed by atoms with E-state index in [1.165, 1.54) is 48.2 Å². The topological polar surface area (TPSA) is 15.3 Å². The van der Waals surface area contributed by atoms with Crippen LogP contribution < -0.4 is 5.32 Å². The standard InChI is InChI=1S/C14H18N2S/c1-2-9-16(8-1)10-7-15-13-4-3-5-14-12(13)6-11-17-14/h3-6,11,15H,1-2,7-10H2. The van der Waals surface area contributed by atoms with Crippen LogP contribution in [0.2, 0.25) is 0 Å². The lowest BCUT2D eigenvalue weighted by Gasteiger charge is -2.15. The maximum atomic E-state index is 3.57. The molecule has 2 heterocycles. The van der Waals surface area contributed by atoms with Gasteiger partial charge in [0, 0.05) is 28.9 Å². The summed E-state index contributed by atoms with van der Waals surface area (Å²) in [6.07, 6.45) is 2.75. The summed E-state index contributed by atoms with van der Waals surface area (Å²) in [6.45, 7) is 4.78. The van der Waals surface area contributed by atoms with E-state index in [9.17, 15) is 0 Å². The highest BCUT2D eigenvalue weighted by Gasteiger charge is 2.10. The van der Waals surface area contributed by atoms with Crippen molar-refractivity contribution >= 4 is 27.1 Å². The summed E-state index contributed by atoms with van der Waals surface area (Å²) in [5.74, 6) is 0. The fourth-order valence-corrected chi connectivity index (χ4v) is 3.32. The van der Waals surface area contributed by atoms with Crippen LogP contribution in [0.15, 0.2) is 29.6 Å². The van der Waals surface area contributed by atoms with Crippen LogP contribution in [0.25, 0.3) is 10.1 Å². The first-order valence-corrected chi connectivity index (χ1v) is 7.24. The fourth-order valence-electron chi connectivity index (χ4n) is 2.50. The molecule has 2 aromatic rings. The molecule has 1 fully saturated rings. The predicted molar refractivity (Wildman–Crippen MR) is 76.0 cm³/mol. The van der Waals surface area contributed by atoms with E-state index in [0.29, 0.717) is 0 Å². The molecule has 0 amide bonds. The first-order chi connectivity index (χ1) is 8.43. The van der Waals surface area contributed by atoms with Gasteiger partial charge in [0.15, 0.2) is 0 Å². The second-order valence-electron chi connectivity index (χ2n) is 4.61. The van der Waals surface area contributed by atoms with Crippen LogP contribution in [0.1, 0.15) is 12.8 Å². The summed E-state index contributed by atoms with van der Waals surface area (Å²) >= 11 is 1.81. The molecule has 0 aliphatic carbocycles. The summed E-state index contributed by atoms with van der Waals surface area (Å²) in [7, 11) is 0. The lowest BCUT2D eigenvalue weighted by atomic mass is 10.2. The van der Waals surface area contributed by atoms with Crippen molar-refractivity contribution in [3.63, 3.8) is 0 Å². The Morgan fingerprint density at radius 3 is 2.94 bits per heavy atom. The Morgan fingerprint density at radius 1 is 1.18 bits per heavy atom. The zero-order chi connectivity index (χ0) is 11.5. The first kappa shape index (κ1) is 11.1. The number of nitrogens with one attached hydrogen (secondary N) is 1. The zero-order valence-electron chi connectivity index (χ0n) is 9.98. The van der Waals surface area contributed by atoms with Crippen LogP contribution in [-0.4, -0.2) is 31.1 Å². The molecule has 2 nitrogen and oxygen atoms in total. The summed E-state index contributed by atoms with van der Waals surface area (Å²) in [4.78, 5) is 2.54. The second kappa shape index (κ2) is 5.07. The van der Waals surface area contributed by atoms with Gasteiger partial charge in [-0.3, -0.25) is 0 Å². The van der Waals surface area contributed by atoms with Crippen molar-refractivity contribution in [2.24, 2.45) is 0 Å². The minimum atomic E-state index is 1.05. The molecule has 0 atom stereocenters. The molecule has 0 unspecified atom stereocenters. The number of nitrogens with zero attached hydrogens (tertiary/aromatic N) is 1. The van der Waals surface area contributed by atoms with Crippen LogP contribution in [0, 0.1) is 0 Å². The zero-order valence-corrected chi connectivity index (χ0v) is 10.8. The highest BCUT2D eigenvalue weighted by atomic mass is 32.1. The summed E-state index contributed by atoms with van der Waals surface area (Å²) in [5, 5.41) is 7.09. The third-order valence-corrected chi connectivity index (χ3v) is 4.32. The van der Waals surface area contributed by atoms with Gasteiger partial charge in [0.2, 0.25) is 0 Å². The van der Waals surface area contributed by atoms with E-state index in [1.807, 2.05) is 11.3 Å². The van der Waals surface area contributed by atoms with Crippen LogP contribution in [0.4, 0.5) is 5.69 Å². The van der Waals surface area contributed by atoms with Gasteiger partial charge < -0.3 is 10.2 Å². The van der Waals surface area contributed by atoms with Crippen LogP contribution >= 0.6 is 11.3 Å². The van der Waals surface area contributed by atoms with Gasteiger partial charge in [-0.1, -0.05) is 6.07 Å². The smallest absolute Gasteiger partial charge is 0.0428 e. The van der Waals surface area contributed by atoms with E-state index in [0.717, 1.165) is 6.54 Å². The monoisotopic (exact) mass is 246 g/mol. The average Bonchev–Trinajstić information content (AvgIpc) is 2.99. The number of rotatable bonds is 4. The average molecular weight is 246 g/mol. The molecule has 1 aliphatic rings. The lowest BCUT2D eigenvalue weighted by molar-refractivity contribution is 0.353. The van der Waals surface area contributed by atoms with Crippen LogP contribution in [0.3, 0.4) is 0 Å². The predicted octanol–water partition coefficient (Wildman–Crippen LogP) is 3.41. The van der Waals surface area contributed by atoms with Gasteiger partial charge >= 0.3 is 0 Å². The van der Waals surface area contributed by atoms with E-state index in [2.05, 4.69) is 39.9 Å². The van der Waals surface area contributed by atoms with Crippen LogP contribution in [0.5, 0.6) is 0 Å². The third kappa shape index (κ3) is 2.45. The van der Waals surface area contributed by atoms with E-state index in [4.69, 9.17) is 0 Å². The molecular formula is C14H18N2S. The molecule has 0 bridgehead atoms. The molecule has 1 N–H and O–H groups in total. The normalized spacial score (nSPS) is 16.7. The molecule has 1 saturated heterocycles. The van der Waals surface area contributed by atoms with Crippen molar-refractivity contribution in [2.45, 2.75) is 12.8 Å². The Hall–Kier alpha value is -1.06. The van der Waals surface area contributed by atoms with Crippen molar-refractivity contribution < 1.29 is 0 Å². The van der Waals surface area contributed by atoms with Crippen molar-refractivity contribution in [2.75, 3.05) is 31.5 Å². The molecule has 3 heteroatoms. The largest absolute Gasteiger partial charge is 0.383 e. The number of thiophene rings is 1. The Kier molecular flexibility index (Phi) is 3.29. The molecule has 17 heavy (non-hydrogen) atoms. The molecular weight excluding hydrogens is 228 g/mol. The molecule has 90 valence electrons. The quantitative estimate of drug-likeness (QED) is 0.889. The summed E-state index contributed by atoms with van der Waals surface area (Å²) in [6, 6.07) is 8.71. The Balaban J connectivity index is 1.62. The Labute approximate surface area is 106 Å². The molecule has 1 aromatic heterocycles. The van der Waals surface area contributed by atoms with E-state index in [-0.39, 0.29) is 0 Å². The minimum Gasteiger partial charge on any atom is -0.383 e. The second-order valence-corrected chi connectivity index (χ2v) is 5.56. The maximum absolute atomic E-state index is 3.57. The minimum absolute atomic E-state index is 1.05. The maximum Gasteiger partial charge on any atom is 0.0428 e. The van der Waals surface area contributed by atoms with Gasteiger partial charge in [-0.25, -0.2) is 0 Å². The van der Waals surface area contributed by atoms with Gasteiger partial charge in [0.1, 0.15) is 0 Å². The van der Waals surface area contributed by atoms with Gasteiger partial charge in [-0.05, 0) is 49.5 Å². The molecule has 1 aliphatic heterocycles. The molecule has 0 radical (unpaired) electrons. The van der Waals surface area contributed by atoms with E-state index < -0.39 is 0 Å². The molecule has 3 rings (SSSR count).